The molecule has 2 heterocycles. The van der Waals surface area contributed by atoms with Gasteiger partial charge < -0.3 is 15.1 Å². The minimum absolute atomic E-state index is 0.115. The molecule has 2 aliphatic heterocycles. The molecule has 1 unspecified atom stereocenters. The van der Waals surface area contributed by atoms with Crippen molar-refractivity contribution in [3.8, 4) is 0 Å². The number of hydrogen-bond donors (Lipinski definition) is 1. The number of anilines is 1. The number of para-hydroxylation sites is 1. The average molecular weight is 358 g/mol. The van der Waals surface area contributed by atoms with Crippen LogP contribution in [-0.4, -0.2) is 78.4 Å². The maximum atomic E-state index is 12.5. The third-order valence-electron chi connectivity index (χ3n) is 5.42. The van der Waals surface area contributed by atoms with Crippen LogP contribution in [0.3, 0.4) is 0 Å². The lowest BCUT2D eigenvalue weighted by atomic mass is 10.0. The van der Waals surface area contributed by atoms with Gasteiger partial charge in [-0.05, 0) is 38.3 Å². The summed E-state index contributed by atoms with van der Waals surface area (Å²) in [7, 11) is 0. The highest BCUT2D eigenvalue weighted by atomic mass is 16.2. The van der Waals surface area contributed by atoms with Crippen LogP contribution in [0.2, 0.25) is 0 Å². The lowest BCUT2D eigenvalue weighted by molar-refractivity contribution is -0.136. The SMILES string of the molecule is CC1CCCCN1C(=O)CN1CCN(C(=O)CNc2ccccc2)CC1. The number of likely N-dealkylation sites (tertiary alicyclic amines) is 1. The molecule has 2 amide bonds. The van der Waals surface area contributed by atoms with Crippen molar-refractivity contribution in [2.45, 2.75) is 32.2 Å². The number of piperazine rings is 1. The minimum atomic E-state index is 0.115. The average Bonchev–Trinajstić information content (AvgIpc) is 2.68. The molecule has 0 aliphatic carbocycles. The molecule has 6 heteroatoms. The summed E-state index contributed by atoms with van der Waals surface area (Å²) in [6.07, 6.45) is 3.46. The molecule has 3 rings (SSSR count). The number of nitrogens with one attached hydrogen (secondary N) is 1. The molecule has 0 radical (unpaired) electrons. The molecular weight excluding hydrogens is 328 g/mol. The molecule has 2 aliphatic rings. The quantitative estimate of drug-likeness (QED) is 0.869. The molecule has 0 aromatic heterocycles. The molecule has 1 atom stereocenters. The number of amides is 2. The fourth-order valence-electron chi connectivity index (χ4n) is 3.75. The molecule has 1 N–H and O–H groups in total. The van der Waals surface area contributed by atoms with Crippen LogP contribution >= 0.6 is 0 Å². The predicted molar refractivity (Wildman–Crippen MR) is 103 cm³/mol. The molecule has 0 bridgehead atoms. The Balaban J connectivity index is 1.39. The first-order valence-corrected chi connectivity index (χ1v) is 9.72. The molecule has 6 nitrogen and oxygen atoms in total. The first-order valence-electron chi connectivity index (χ1n) is 9.72. The molecular formula is C20H30N4O2. The Labute approximate surface area is 156 Å². The van der Waals surface area contributed by atoms with Crippen LogP contribution in [0.4, 0.5) is 5.69 Å². The number of hydrogen-bond acceptors (Lipinski definition) is 4. The Kier molecular flexibility index (Phi) is 6.50. The van der Waals surface area contributed by atoms with E-state index in [1.54, 1.807) is 0 Å². The second-order valence-electron chi connectivity index (χ2n) is 7.31. The van der Waals surface area contributed by atoms with Gasteiger partial charge in [-0.2, -0.15) is 0 Å². The van der Waals surface area contributed by atoms with E-state index in [4.69, 9.17) is 0 Å². The summed E-state index contributed by atoms with van der Waals surface area (Å²) in [5.74, 6) is 0.354. The highest BCUT2D eigenvalue weighted by Crippen LogP contribution is 2.17. The Morgan fingerprint density at radius 1 is 1.00 bits per heavy atom. The third kappa shape index (κ3) is 4.97. The molecule has 1 aromatic rings. The van der Waals surface area contributed by atoms with E-state index in [-0.39, 0.29) is 11.8 Å². The lowest BCUT2D eigenvalue weighted by Crippen LogP contribution is -2.53. The third-order valence-corrected chi connectivity index (χ3v) is 5.42. The topological polar surface area (TPSA) is 55.9 Å². The van der Waals surface area contributed by atoms with E-state index in [0.717, 1.165) is 38.2 Å². The van der Waals surface area contributed by atoms with Crippen molar-refractivity contribution in [3.63, 3.8) is 0 Å². The van der Waals surface area contributed by atoms with E-state index in [2.05, 4.69) is 17.1 Å². The highest BCUT2D eigenvalue weighted by molar-refractivity contribution is 5.81. The van der Waals surface area contributed by atoms with Gasteiger partial charge in [-0.3, -0.25) is 14.5 Å². The summed E-state index contributed by atoms with van der Waals surface area (Å²) in [5.41, 5.74) is 0.959. The number of nitrogens with zero attached hydrogens (tertiary/aromatic N) is 3. The van der Waals surface area contributed by atoms with Crippen LogP contribution in [0, 0.1) is 0 Å². The summed E-state index contributed by atoms with van der Waals surface area (Å²) >= 11 is 0. The van der Waals surface area contributed by atoms with Crippen molar-refractivity contribution in [2.75, 3.05) is 51.1 Å². The maximum absolute atomic E-state index is 12.5. The van der Waals surface area contributed by atoms with E-state index in [9.17, 15) is 9.59 Å². The molecule has 26 heavy (non-hydrogen) atoms. The van der Waals surface area contributed by atoms with Gasteiger partial charge in [0.2, 0.25) is 11.8 Å². The largest absolute Gasteiger partial charge is 0.376 e. The van der Waals surface area contributed by atoms with Gasteiger partial charge in [0, 0.05) is 44.5 Å². The Bertz CT molecular complexity index is 599. The van der Waals surface area contributed by atoms with Crippen molar-refractivity contribution in [3.05, 3.63) is 30.3 Å². The zero-order valence-electron chi connectivity index (χ0n) is 15.7. The van der Waals surface area contributed by atoms with Gasteiger partial charge in [0.05, 0.1) is 13.1 Å². The van der Waals surface area contributed by atoms with Crippen LogP contribution in [0.25, 0.3) is 0 Å². The number of piperidine rings is 1. The van der Waals surface area contributed by atoms with Gasteiger partial charge in [-0.1, -0.05) is 18.2 Å². The number of carbonyl (C=O) groups is 2. The first-order chi connectivity index (χ1) is 12.6. The van der Waals surface area contributed by atoms with E-state index < -0.39 is 0 Å². The predicted octanol–water partition coefficient (Wildman–Crippen LogP) is 1.64. The smallest absolute Gasteiger partial charge is 0.241 e. The van der Waals surface area contributed by atoms with Crippen molar-refractivity contribution in [1.82, 2.24) is 14.7 Å². The van der Waals surface area contributed by atoms with Gasteiger partial charge in [-0.15, -0.1) is 0 Å². The number of benzene rings is 1. The minimum Gasteiger partial charge on any atom is -0.376 e. The highest BCUT2D eigenvalue weighted by Gasteiger charge is 2.27. The van der Waals surface area contributed by atoms with Crippen molar-refractivity contribution < 1.29 is 9.59 Å². The standard InChI is InChI=1S/C20H30N4O2/c1-17-7-5-6-10-24(17)20(26)16-22-11-13-23(14-12-22)19(25)15-21-18-8-3-2-4-9-18/h2-4,8-9,17,21H,5-7,10-16H2,1H3. The normalized spacial score (nSPS) is 21.5. The molecule has 142 valence electrons. The molecule has 0 saturated carbocycles. The van der Waals surface area contributed by atoms with E-state index >= 15 is 0 Å². The zero-order chi connectivity index (χ0) is 18.4. The van der Waals surface area contributed by atoms with Crippen LogP contribution in [0.5, 0.6) is 0 Å². The molecule has 1 aromatic carbocycles. The number of rotatable bonds is 5. The van der Waals surface area contributed by atoms with Crippen LogP contribution in [0.15, 0.2) is 30.3 Å². The number of carbonyl (C=O) groups excluding carboxylic acids is 2. The van der Waals surface area contributed by atoms with Gasteiger partial charge in [0.1, 0.15) is 0 Å². The fourth-order valence-corrected chi connectivity index (χ4v) is 3.75. The Hall–Kier alpha value is -2.08. The lowest BCUT2D eigenvalue weighted by Gasteiger charge is -2.38. The summed E-state index contributed by atoms with van der Waals surface area (Å²) in [6.45, 7) is 6.76. The summed E-state index contributed by atoms with van der Waals surface area (Å²) in [4.78, 5) is 31.0. The molecule has 2 saturated heterocycles. The summed E-state index contributed by atoms with van der Waals surface area (Å²) in [5, 5.41) is 3.17. The van der Waals surface area contributed by atoms with Gasteiger partial charge in [-0.25, -0.2) is 0 Å². The monoisotopic (exact) mass is 358 g/mol. The van der Waals surface area contributed by atoms with E-state index in [0.29, 0.717) is 32.2 Å². The Morgan fingerprint density at radius 2 is 1.73 bits per heavy atom. The van der Waals surface area contributed by atoms with Gasteiger partial charge >= 0.3 is 0 Å². The first kappa shape index (κ1) is 18.7. The summed E-state index contributed by atoms with van der Waals surface area (Å²) < 4.78 is 0. The zero-order valence-corrected chi connectivity index (χ0v) is 15.7. The molecule has 0 spiro atoms. The maximum Gasteiger partial charge on any atom is 0.241 e. The van der Waals surface area contributed by atoms with Crippen LogP contribution in [-0.2, 0) is 9.59 Å². The molecule has 2 fully saturated rings. The summed E-state index contributed by atoms with van der Waals surface area (Å²) in [6, 6.07) is 10.1. The fraction of sp³-hybridized carbons (Fsp3) is 0.600. The van der Waals surface area contributed by atoms with Crippen LogP contribution in [0.1, 0.15) is 26.2 Å². The second kappa shape index (κ2) is 9.03. The van der Waals surface area contributed by atoms with Crippen molar-refractivity contribution >= 4 is 17.5 Å². The van der Waals surface area contributed by atoms with Crippen molar-refractivity contribution in [1.29, 1.82) is 0 Å². The van der Waals surface area contributed by atoms with Gasteiger partial charge in [0.25, 0.3) is 0 Å². The van der Waals surface area contributed by atoms with Crippen molar-refractivity contribution in [2.24, 2.45) is 0 Å². The van der Waals surface area contributed by atoms with Crippen LogP contribution < -0.4 is 5.32 Å². The second-order valence-corrected chi connectivity index (χ2v) is 7.31. The van der Waals surface area contributed by atoms with E-state index in [1.807, 2.05) is 40.1 Å². The van der Waals surface area contributed by atoms with E-state index in [1.165, 1.54) is 6.42 Å². The van der Waals surface area contributed by atoms with Gasteiger partial charge in [0.15, 0.2) is 0 Å². The Morgan fingerprint density at radius 3 is 2.42 bits per heavy atom.